The van der Waals surface area contributed by atoms with Crippen molar-refractivity contribution >= 4 is 32.6 Å². The molecule has 176 valence electrons. The molecule has 0 aromatic rings. The molecule has 2 bridgehead atoms. The Kier molecular flexibility index (Phi) is 10.6. The van der Waals surface area contributed by atoms with Gasteiger partial charge in [-0.3, -0.25) is 9.59 Å². The average Bonchev–Trinajstić information content (AvgIpc) is 2.97. The quantitative estimate of drug-likeness (QED) is 0.336. The van der Waals surface area contributed by atoms with E-state index in [1.807, 2.05) is 27.7 Å². The minimum absolute atomic E-state index is 0.0248. The van der Waals surface area contributed by atoms with Gasteiger partial charge < -0.3 is 4.55 Å². The zero-order valence-corrected chi connectivity index (χ0v) is 21.4. The Morgan fingerprint density at radius 1 is 1.17 bits per heavy atom. The first-order valence-corrected chi connectivity index (χ1v) is 14.7. The van der Waals surface area contributed by atoms with Gasteiger partial charge in [0.1, 0.15) is 17.3 Å². The van der Waals surface area contributed by atoms with E-state index < -0.39 is 21.3 Å². The second-order valence-corrected chi connectivity index (χ2v) is 13.6. The lowest BCUT2D eigenvalue weighted by molar-refractivity contribution is -0.128. The van der Waals surface area contributed by atoms with Crippen LogP contribution in [0.15, 0.2) is 0 Å². The molecule has 0 radical (unpaired) electrons. The molecule has 5 nitrogen and oxygen atoms in total. The van der Waals surface area contributed by atoms with Crippen LogP contribution in [-0.4, -0.2) is 47.5 Å². The van der Waals surface area contributed by atoms with E-state index in [-0.39, 0.29) is 23.0 Å². The van der Waals surface area contributed by atoms with Crippen molar-refractivity contribution in [3.05, 3.63) is 0 Å². The van der Waals surface area contributed by atoms with E-state index in [1.165, 1.54) is 37.2 Å². The van der Waals surface area contributed by atoms with Crippen LogP contribution < -0.4 is 0 Å². The van der Waals surface area contributed by atoms with Gasteiger partial charge in [0, 0.05) is 17.8 Å². The summed E-state index contributed by atoms with van der Waals surface area (Å²) in [5.74, 6) is 3.80. The summed E-state index contributed by atoms with van der Waals surface area (Å²) < 4.78 is 32.7. The highest BCUT2D eigenvalue weighted by Gasteiger charge is 2.64. The Balaban J connectivity index is 0.000000300. The molecular weight excluding hydrogens is 420 g/mol. The molecule has 0 aliphatic heterocycles. The molecule has 0 spiro atoms. The number of fused-ring (bicyclic) bond motifs is 2. The van der Waals surface area contributed by atoms with Crippen molar-refractivity contribution in [2.24, 2.45) is 22.7 Å². The van der Waals surface area contributed by atoms with Crippen LogP contribution in [-0.2, 0) is 30.6 Å². The maximum Gasteiger partial charge on any atom is 0.184 e. The fourth-order valence-electron chi connectivity index (χ4n) is 4.72. The summed E-state index contributed by atoms with van der Waals surface area (Å²) in [6, 6.07) is 0. The third-order valence-corrected chi connectivity index (χ3v) is 10.4. The number of ketones is 2. The third kappa shape index (κ3) is 7.06. The zero-order valence-electron chi connectivity index (χ0n) is 19.8. The molecule has 2 aliphatic carbocycles. The lowest BCUT2D eigenvalue weighted by Crippen LogP contribution is -2.42. The first kappa shape index (κ1) is 27.6. The average molecular weight is 463 g/mol. The standard InChI is InChI=1S/C13H27OS.C10H16O4S/c1-5-7-9-15(10-8-6-2)11-13(14)12(3)4;1-9(2)7-3-4-10(9,8(11)5-7)6-15(12,13)14/h12H,5-11H2,1-4H3;7H,3-6H2,1-2H3,(H,12,13,14)/q+1;/p-1. The monoisotopic (exact) mass is 462 g/mol. The van der Waals surface area contributed by atoms with Crippen molar-refractivity contribution in [2.75, 3.05) is 23.0 Å². The molecule has 2 saturated carbocycles. The summed E-state index contributed by atoms with van der Waals surface area (Å²) in [4.78, 5) is 23.5. The van der Waals surface area contributed by atoms with Crippen molar-refractivity contribution in [3.63, 3.8) is 0 Å². The number of unbranched alkanes of at least 4 members (excludes halogenated alkanes) is 2. The van der Waals surface area contributed by atoms with Crippen LogP contribution in [0.4, 0.5) is 0 Å². The SMILES string of the molecule is CC1(C)C2CCC1(CS(=O)(=O)[O-])C(=O)C2.CCCC[S+](CCCC)CC(=O)C(C)C. The molecule has 2 aliphatic rings. The van der Waals surface area contributed by atoms with Gasteiger partial charge >= 0.3 is 0 Å². The molecule has 2 unspecified atom stereocenters. The summed E-state index contributed by atoms with van der Waals surface area (Å²) in [5, 5.41) is 0. The minimum Gasteiger partial charge on any atom is -0.748 e. The third-order valence-electron chi connectivity index (χ3n) is 7.13. The molecule has 2 atom stereocenters. The fourth-order valence-corrected chi connectivity index (χ4v) is 8.62. The van der Waals surface area contributed by atoms with Crippen molar-refractivity contribution in [3.8, 4) is 0 Å². The smallest absolute Gasteiger partial charge is 0.184 e. The zero-order chi connectivity index (χ0) is 23.2. The van der Waals surface area contributed by atoms with Crippen LogP contribution in [0.2, 0.25) is 0 Å². The number of rotatable bonds is 11. The maximum absolute atomic E-state index is 11.8. The van der Waals surface area contributed by atoms with Crippen LogP contribution in [0, 0.1) is 22.7 Å². The highest BCUT2D eigenvalue weighted by molar-refractivity contribution is 7.97. The van der Waals surface area contributed by atoms with Gasteiger partial charge in [-0.05, 0) is 47.9 Å². The van der Waals surface area contributed by atoms with E-state index in [2.05, 4.69) is 13.8 Å². The van der Waals surface area contributed by atoms with Crippen LogP contribution in [0.1, 0.15) is 86.5 Å². The van der Waals surface area contributed by atoms with Crippen molar-refractivity contribution < 1.29 is 22.6 Å². The lowest BCUT2D eigenvalue weighted by Gasteiger charge is -2.37. The Morgan fingerprint density at radius 3 is 2.03 bits per heavy atom. The van der Waals surface area contributed by atoms with Crippen LogP contribution in [0.5, 0.6) is 0 Å². The molecule has 2 fully saturated rings. The maximum atomic E-state index is 11.8. The molecule has 0 saturated heterocycles. The molecular formula is C23H42O5S2. The highest BCUT2D eigenvalue weighted by Crippen LogP contribution is 2.64. The van der Waals surface area contributed by atoms with Gasteiger partial charge in [-0.2, -0.15) is 0 Å². The number of hydrogen-bond donors (Lipinski definition) is 0. The molecule has 0 aromatic carbocycles. The summed E-state index contributed by atoms with van der Waals surface area (Å²) >= 11 is 0. The predicted molar refractivity (Wildman–Crippen MR) is 125 cm³/mol. The normalized spacial score (nSPS) is 25.0. The Labute approximate surface area is 187 Å². The van der Waals surface area contributed by atoms with E-state index in [1.54, 1.807) is 0 Å². The van der Waals surface area contributed by atoms with Gasteiger partial charge in [-0.25, -0.2) is 8.42 Å². The van der Waals surface area contributed by atoms with Gasteiger partial charge in [-0.15, -0.1) is 0 Å². The van der Waals surface area contributed by atoms with E-state index in [0.29, 0.717) is 29.5 Å². The Bertz CT molecular complexity index is 676. The molecule has 7 heteroatoms. The topological polar surface area (TPSA) is 91.3 Å². The molecule has 30 heavy (non-hydrogen) atoms. The molecule has 0 amide bonds. The summed E-state index contributed by atoms with van der Waals surface area (Å²) in [6.45, 7) is 12.3. The molecule has 0 aromatic heterocycles. The van der Waals surface area contributed by atoms with Crippen LogP contribution in [0.3, 0.4) is 0 Å². The highest BCUT2D eigenvalue weighted by atomic mass is 32.2. The fraction of sp³-hybridized carbons (Fsp3) is 0.913. The first-order valence-electron chi connectivity index (χ1n) is 11.4. The van der Waals surface area contributed by atoms with Gasteiger partial charge in [0.05, 0.1) is 15.9 Å². The summed E-state index contributed by atoms with van der Waals surface area (Å²) in [5.41, 5.74) is -1.22. The number of carbonyl (C=O) groups is 2. The van der Waals surface area contributed by atoms with Gasteiger partial charge in [0.25, 0.3) is 0 Å². The van der Waals surface area contributed by atoms with E-state index in [0.717, 1.165) is 12.2 Å². The van der Waals surface area contributed by atoms with Crippen molar-refractivity contribution in [1.82, 2.24) is 0 Å². The van der Waals surface area contributed by atoms with Gasteiger partial charge in [-0.1, -0.05) is 54.4 Å². The van der Waals surface area contributed by atoms with Gasteiger partial charge in [0.15, 0.2) is 11.5 Å². The molecule has 2 rings (SSSR count). The van der Waals surface area contributed by atoms with Crippen molar-refractivity contribution in [2.45, 2.75) is 86.5 Å². The lowest BCUT2D eigenvalue weighted by atomic mass is 9.70. The van der Waals surface area contributed by atoms with Gasteiger partial charge in [0.2, 0.25) is 0 Å². The number of Topliss-reactive ketones (excluding diaryl/α,β-unsaturated/α-hetero) is 2. The van der Waals surface area contributed by atoms with Crippen LogP contribution >= 0.6 is 0 Å². The van der Waals surface area contributed by atoms with E-state index in [9.17, 15) is 22.6 Å². The van der Waals surface area contributed by atoms with E-state index in [4.69, 9.17) is 0 Å². The summed E-state index contributed by atoms with van der Waals surface area (Å²) in [6.07, 6.45) is 6.97. The molecule has 0 N–H and O–H groups in total. The predicted octanol–water partition coefficient (Wildman–Crippen LogP) is 4.36. The summed E-state index contributed by atoms with van der Waals surface area (Å²) in [7, 11) is -3.95. The Hall–Kier alpha value is -0.400. The largest absolute Gasteiger partial charge is 0.748 e. The van der Waals surface area contributed by atoms with E-state index >= 15 is 0 Å². The number of carbonyl (C=O) groups excluding carboxylic acids is 2. The molecule has 0 heterocycles. The van der Waals surface area contributed by atoms with Crippen molar-refractivity contribution in [1.29, 1.82) is 0 Å². The van der Waals surface area contributed by atoms with Crippen LogP contribution in [0.25, 0.3) is 0 Å². The second kappa shape index (κ2) is 11.5. The second-order valence-electron chi connectivity index (χ2n) is 9.86. The first-order chi connectivity index (χ1) is 13.8. The number of hydrogen-bond acceptors (Lipinski definition) is 5. The Morgan fingerprint density at radius 2 is 1.70 bits per heavy atom. The minimum atomic E-state index is -4.33.